The van der Waals surface area contributed by atoms with Crippen molar-refractivity contribution in [2.24, 2.45) is 0 Å². The summed E-state index contributed by atoms with van der Waals surface area (Å²) in [5.41, 5.74) is 3.47. The third-order valence-corrected chi connectivity index (χ3v) is 2.76. The van der Waals surface area contributed by atoms with Gasteiger partial charge in [-0.1, -0.05) is 17.7 Å². The third-order valence-electron chi connectivity index (χ3n) is 2.37. The molecule has 0 bridgehead atoms. The Morgan fingerprint density at radius 2 is 2.07 bits per heavy atom. The van der Waals surface area contributed by atoms with Gasteiger partial charge in [0.05, 0.1) is 16.1 Å². The molecule has 0 saturated carbocycles. The summed E-state index contributed by atoms with van der Waals surface area (Å²) in [5, 5.41) is 10.2. The fourth-order valence-corrected chi connectivity index (χ4v) is 2.07. The van der Waals surface area contributed by atoms with Crippen molar-refractivity contribution < 1.29 is 0 Å². The minimum atomic E-state index is 0.427. The molecule has 2 aromatic rings. The average molecular weight is 217 g/mol. The van der Waals surface area contributed by atoms with E-state index in [2.05, 4.69) is 4.98 Å². The summed E-state index contributed by atoms with van der Waals surface area (Å²) < 4.78 is 0. The van der Waals surface area contributed by atoms with Gasteiger partial charge < -0.3 is 0 Å². The van der Waals surface area contributed by atoms with Crippen LogP contribution in [0.2, 0.25) is 5.02 Å². The lowest BCUT2D eigenvalue weighted by Gasteiger charge is -2.06. The molecule has 0 atom stereocenters. The maximum Gasteiger partial charge on any atom is 0.102 e. The molecule has 1 heterocycles. The fraction of sp³-hybridized carbons (Fsp3) is 0.167. The van der Waals surface area contributed by atoms with E-state index in [4.69, 9.17) is 16.9 Å². The van der Waals surface area contributed by atoms with E-state index in [0.717, 1.165) is 22.0 Å². The Morgan fingerprint density at radius 3 is 2.73 bits per heavy atom. The number of rotatable bonds is 0. The topological polar surface area (TPSA) is 36.7 Å². The predicted molar refractivity (Wildman–Crippen MR) is 60.9 cm³/mol. The summed E-state index contributed by atoms with van der Waals surface area (Å²) in [6, 6.07) is 6.04. The van der Waals surface area contributed by atoms with Crippen molar-refractivity contribution in [3.8, 4) is 6.07 Å². The van der Waals surface area contributed by atoms with Crippen LogP contribution in [-0.2, 0) is 0 Å². The fourth-order valence-electron chi connectivity index (χ4n) is 1.74. The smallest absolute Gasteiger partial charge is 0.102 e. The van der Waals surface area contributed by atoms with Gasteiger partial charge in [0.2, 0.25) is 0 Å². The molecule has 0 amide bonds. The maximum atomic E-state index is 8.85. The van der Waals surface area contributed by atoms with Gasteiger partial charge in [0.15, 0.2) is 0 Å². The second kappa shape index (κ2) is 3.52. The molecule has 2 nitrogen and oxygen atoms in total. The number of benzene rings is 1. The van der Waals surface area contributed by atoms with Gasteiger partial charge in [0.25, 0.3) is 0 Å². The zero-order chi connectivity index (χ0) is 11.0. The molecule has 2 rings (SSSR count). The molecule has 0 aliphatic heterocycles. The van der Waals surface area contributed by atoms with E-state index in [0.29, 0.717) is 10.6 Å². The second-order valence-electron chi connectivity index (χ2n) is 3.57. The van der Waals surface area contributed by atoms with Gasteiger partial charge in [0, 0.05) is 11.6 Å². The maximum absolute atomic E-state index is 8.85. The van der Waals surface area contributed by atoms with Gasteiger partial charge in [-0.3, -0.25) is 4.98 Å². The highest BCUT2D eigenvalue weighted by Crippen LogP contribution is 2.28. The van der Waals surface area contributed by atoms with Crippen LogP contribution in [0.4, 0.5) is 0 Å². The van der Waals surface area contributed by atoms with Crippen LogP contribution in [0.15, 0.2) is 18.3 Å². The highest BCUT2D eigenvalue weighted by Gasteiger charge is 2.08. The van der Waals surface area contributed by atoms with Gasteiger partial charge in [-0.05, 0) is 31.0 Å². The number of aryl methyl sites for hydroxylation is 2. The molecule has 0 N–H and O–H groups in total. The molecule has 0 saturated heterocycles. The molecule has 1 aromatic carbocycles. The number of hydrogen-bond donors (Lipinski definition) is 0. The van der Waals surface area contributed by atoms with E-state index in [1.807, 2.05) is 32.0 Å². The van der Waals surface area contributed by atoms with Crippen LogP contribution >= 0.6 is 11.6 Å². The Morgan fingerprint density at radius 1 is 1.33 bits per heavy atom. The van der Waals surface area contributed by atoms with Gasteiger partial charge in [0.1, 0.15) is 6.07 Å². The molecule has 3 heteroatoms. The molecule has 15 heavy (non-hydrogen) atoms. The summed E-state index contributed by atoms with van der Waals surface area (Å²) in [6.07, 6.45) is 1.52. The lowest BCUT2D eigenvalue weighted by molar-refractivity contribution is 1.33. The van der Waals surface area contributed by atoms with Gasteiger partial charge in [-0.25, -0.2) is 0 Å². The van der Waals surface area contributed by atoms with E-state index < -0.39 is 0 Å². The van der Waals surface area contributed by atoms with Crippen LogP contribution in [0.1, 0.15) is 16.7 Å². The van der Waals surface area contributed by atoms with Crippen molar-refractivity contribution in [2.75, 3.05) is 0 Å². The molecular weight excluding hydrogens is 208 g/mol. The van der Waals surface area contributed by atoms with Crippen LogP contribution in [0, 0.1) is 25.2 Å². The lowest BCUT2D eigenvalue weighted by Crippen LogP contribution is -1.89. The molecule has 0 aliphatic carbocycles. The number of aromatic nitrogens is 1. The van der Waals surface area contributed by atoms with Crippen LogP contribution < -0.4 is 0 Å². The average Bonchev–Trinajstić information content (AvgIpc) is 2.17. The lowest BCUT2D eigenvalue weighted by atomic mass is 10.0. The predicted octanol–water partition coefficient (Wildman–Crippen LogP) is 3.38. The van der Waals surface area contributed by atoms with Crippen molar-refractivity contribution in [2.45, 2.75) is 13.8 Å². The number of halogens is 1. The molecule has 74 valence electrons. The van der Waals surface area contributed by atoms with E-state index >= 15 is 0 Å². The summed E-state index contributed by atoms with van der Waals surface area (Å²) in [4.78, 5) is 4.23. The molecular formula is C12H9ClN2. The molecule has 0 aliphatic rings. The number of hydrogen-bond acceptors (Lipinski definition) is 2. The van der Waals surface area contributed by atoms with E-state index in [-0.39, 0.29) is 0 Å². The number of nitriles is 1. The minimum Gasteiger partial charge on any atom is -0.255 e. The molecule has 0 unspecified atom stereocenters. The Balaban J connectivity index is 2.94. The van der Waals surface area contributed by atoms with Crippen molar-refractivity contribution in [3.63, 3.8) is 0 Å². The van der Waals surface area contributed by atoms with E-state index in [1.165, 1.54) is 6.20 Å². The summed E-state index contributed by atoms with van der Waals surface area (Å²) >= 11 is 6.14. The quantitative estimate of drug-likeness (QED) is 0.677. The Hall–Kier alpha value is -1.59. The minimum absolute atomic E-state index is 0.427. The third kappa shape index (κ3) is 1.55. The second-order valence-corrected chi connectivity index (χ2v) is 3.95. The van der Waals surface area contributed by atoms with Crippen LogP contribution in [-0.4, -0.2) is 4.98 Å². The zero-order valence-electron chi connectivity index (χ0n) is 8.50. The van der Waals surface area contributed by atoms with Gasteiger partial charge in [-0.2, -0.15) is 5.26 Å². The van der Waals surface area contributed by atoms with Crippen molar-refractivity contribution in [1.29, 1.82) is 5.26 Å². The number of fused-ring (bicyclic) bond motifs is 1. The Labute approximate surface area is 93.1 Å². The van der Waals surface area contributed by atoms with E-state index in [9.17, 15) is 0 Å². The first-order valence-corrected chi connectivity index (χ1v) is 4.97. The first-order chi connectivity index (χ1) is 7.13. The normalized spacial score (nSPS) is 10.3. The highest BCUT2D eigenvalue weighted by molar-refractivity contribution is 6.36. The molecule has 0 radical (unpaired) electrons. The Bertz CT molecular complexity index is 582. The van der Waals surface area contributed by atoms with Crippen molar-refractivity contribution >= 4 is 22.5 Å². The monoisotopic (exact) mass is 216 g/mol. The van der Waals surface area contributed by atoms with Gasteiger partial charge in [-0.15, -0.1) is 0 Å². The first-order valence-electron chi connectivity index (χ1n) is 4.59. The van der Waals surface area contributed by atoms with Crippen molar-refractivity contribution in [1.82, 2.24) is 4.98 Å². The zero-order valence-corrected chi connectivity index (χ0v) is 9.26. The van der Waals surface area contributed by atoms with Crippen LogP contribution in [0.3, 0.4) is 0 Å². The Kier molecular flexibility index (Phi) is 2.34. The summed E-state index contributed by atoms with van der Waals surface area (Å²) in [6.45, 7) is 3.99. The number of pyridine rings is 1. The summed E-state index contributed by atoms with van der Waals surface area (Å²) in [5.74, 6) is 0. The largest absolute Gasteiger partial charge is 0.255 e. The van der Waals surface area contributed by atoms with E-state index in [1.54, 1.807) is 0 Å². The summed E-state index contributed by atoms with van der Waals surface area (Å²) in [7, 11) is 0. The molecule has 0 fully saturated rings. The SMILES string of the molecule is Cc1cc(C)c2c(Cl)c(C#N)cnc2c1. The molecule has 0 spiro atoms. The standard InChI is InChI=1S/C12H9ClN2/c1-7-3-8(2)11-10(4-7)15-6-9(5-14)12(11)13/h3-4,6H,1-2H3. The van der Waals surface area contributed by atoms with Crippen molar-refractivity contribution in [3.05, 3.63) is 40.0 Å². The molecule has 1 aromatic heterocycles. The van der Waals surface area contributed by atoms with Crippen LogP contribution in [0.25, 0.3) is 10.9 Å². The highest BCUT2D eigenvalue weighted by atomic mass is 35.5. The van der Waals surface area contributed by atoms with Crippen LogP contribution in [0.5, 0.6) is 0 Å². The van der Waals surface area contributed by atoms with Gasteiger partial charge >= 0.3 is 0 Å². The first kappa shape index (κ1) is 9.95. The number of nitrogens with zero attached hydrogens (tertiary/aromatic N) is 2.